The first-order chi connectivity index (χ1) is 9.44. The summed E-state index contributed by atoms with van der Waals surface area (Å²) in [6, 6.07) is 2.32. The van der Waals surface area contributed by atoms with E-state index in [1.165, 1.54) is 0 Å². The van der Waals surface area contributed by atoms with Gasteiger partial charge in [0.05, 0.1) is 6.04 Å². The van der Waals surface area contributed by atoms with Crippen LogP contribution in [-0.2, 0) is 0 Å². The van der Waals surface area contributed by atoms with E-state index in [2.05, 4.69) is 55.9 Å². The summed E-state index contributed by atoms with van der Waals surface area (Å²) < 4.78 is 0. The molecule has 0 aliphatic carbocycles. The lowest BCUT2D eigenvalue weighted by atomic mass is 9.82. The van der Waals surface area contributed by atoms with Gasteiger partial charge in [-0.2, -0.15) is 0 Å². The number of nitrogen functional groups attached to an aromatic ring is 1. The number of hydrogen-bond donors (Lipinski definition) is 2. The van der Waals surface area contributed by atoms with Crippen molar-refractivity contribution in [1.29, 1.82) is 0 Å². The molecule has 3 N–H and O–H groups in total. The topological polar surface area (TPSA) is 54.2 Å². The van der Waals surface area contributed by atoms with Crippen LogP contribution in [0.1, 0.15) is 51.3 Å². The van der Waals surface area contributed by atoms with Gasteiger partial charge in [0.25, 0.3) is 0 Å². The van der Waals surface area contributed by atoms with Crippen molar-refractivity contribution in [2.75, 3.05) is 25.9 Å². The normalized spacial score (nSPS) is 16.1. The van der Waals surface area contributed by atoms with Crippen molar-refractivity contribution in [3.05, 3.63) is 23.4 Å². The van der Waals surface area contributed by atoms with Crippen LogP contribution in [0.15, 0.2) is 12.3 Å². The number of anilines is 1. The van der Waals surface area contributed by atoms with Crippen LogP contribution in [0.2, 0.25) is 0 Å². The molecule has 114 valence electrons. The molecule has 0 spiro atoms. The zero-order valence-corrected chi connectivity index (χ0v) is 13.8. The molecule has 2 atom stereocenters. The van der Waals surface area contributed by atoms with E-state index >= 15 is 0 Å². The molecule has 0 saturated heterocycles. The highest BCUT2D eigenvalue weighted by Crippen LogP contribution is 2.36. The lowest BCUT2D eigenvalue weighted by molar-refractivity contribution is 0.0729. The first kappa shape index (κ1) is 16.9. The molecular weight excluding hydrogens is 248 g/mol. The Balaban J connectivity index is 3.31. The molecule has 0 saturated carbocycles. The molecule has 0 amide bonds. The van der Waals surface area contributed by atoms with Crippen molar-refractivity contribution in [2.45, 2.75) is 52.6 Å². The molecule has 20 heavy (non-hydrogen) atoms. The zero-order valence-electron chi connectivity index (χ0n) is 13.8. The summed E-state index contributed by atoms with van der Waals surface area (Å²) in [5.74, 6) is 0.627. The zero-order chi connectivity index (χ0) is 15.3. The van der Waals surface area contributed by atoms with Crippen LogP contribution >= 0.6 is 0 Å². The fraction of sp³-hybridized carbons (Fsp3) is 0.688. The summed E-state index contributed by atoms with van der Waals surface area (Å²) in [6.07, 6.45) is 2.87. The predicted molar refractivity (Wildman–Crippen MR) is 86.8 cm³/mol. The standard InChI is InChI=1S/C16H30N4/c1-7-16(5,20(8-2)9-3)14(18-6)13-10-12(4)11-19-15(13)17/h10-11,14,18H,7-9H2,1-6H3,(H2,17,19). The number of hydrogen-bond acceptors (Lipinski definition) is 4. The first-order valence-corrected chi connectivity index (χ1v) is 7.58. The highest BCUT2D eigenvalue weighted by Gasteiger charge is 2.38. The van der Waals surface area contributed by atoms with E-state index in [4.69, 9.17) is 5.73 Å². The number of likely N-dealkylation sites (N-methyl/N-ethyl adjacent to an activating group) is 2. The smallest absolute Gasteiger partial charge is 0.128 e. The van der Waals surface area contributed by atoms with Crippen molar-refractivity contribution in [3.8, 4) is 0 Å². The van der Waals surface area contributed by atoms with Crippen LogP contribution < -0.4 is 11.1 Å². The third kappa shape index (κ3) is 3.13. The van der Waals surface area contributed by atoms with Crippen molar-refractivity contribution < 1.29 is 0 Å². The largest absolute Gasteiger partial charge is 0.383 e. The maximum absolute atomic E-state index is 6.13. The van der Waals surface area contributed by atoms with Gasteiger partial charge in [-0.3, -0.25) is 4.90 Å². The minimum atomic E-state index is 0.0157. The van der Waals surface area contributed by atoms with E-state index in [0.29, 0.717) is 5.82 Å². The number of nitrogens with zero attached hydrogens (tertiary/aromatic N) is 2. The van der Waals surface area contributed by atoms with Gasteiger partial charge in [-0.25, -0.2) is 4.98 Å². The number of rotatable bonds is 7. The first-order valence-electron chi connectivity index (χ1n) is 7.58. The third-order valence-electron chi connectivity index (χ3n) is 4.51. The van der Waals surface area contributed by atoms with Crippen molar-refractivity contribution in [3.63, 3.8) is 0 Å². The summed E-state index contributed by atoms with van der Waals surface area (Å²) in [6.45, 7) is 13.1. The minimum absolute atomic E-state index is 0.0157. The monoisotopic (exact) mass is 278 g/mol. The highest BCUT2D eigenvalue weighted by molar-refractivity contribution is 5.44. The van der Waals surface area contributed by atoms with Crippen molar-refractivity contribution in [1.82, 2.24) is 15.2 Å². The quantitative estimate of drug-likeness (QED) is 0.805. The number of nitrogens with two attached hydrogens (primary N) is 1. The van der Waals surface area contributed by atoms with Crippen molar-refractivity contribution >= 4 is 5.82 Å². The molecule has 1 rings (SSSR count). The lowest BCUT2D eigenvalue weighted by Gasteiger charge is -2.46. The van der Waals surface area contributed by atoms with Gasteiger partial charge < -0.3 is 11.1 Å². The third-order valence-corrected chi connectivity index (χ3v) is 4.51. The Bertz CT molecular complexity index is 428. The van der Waals surface area contributed by atoms with Gasteiger partial charge in [0.15, 0.2) is 0 Å². The maximum atomic E-state index is 6.13. The molecule has 0 radical (unpaired) electrons. The molecule has 4 nitrogen and oxygen atoms in total. The SMILES string of the molecule is CCN(CC)C(C)(CC)C(NC)c1cc(C)cnc1N. The molecule has 2 unspecified atom stereocenters. The molecule has 0 bridgehead atoms. The summed E-state index contributed by atoms with van der Waals surface area (Å²) in [5.41, 5.74) is 8.39. The van der Waals surface area contributed by atoms with E-state index in [-0.39, 0.29) is 11.6 Å². The molecular formula is C16H30N4. The van der Waals surface area contributed by atoms with Crippen molar-refractivity contribution in [2.24, 2.45) is 0 Å². The van der Waals surface area contributed by atoms with E-state index in [0.717, 1.165) is 30.6 Å². The Hall–Kier alpha value is -1.13. The van der Waals surface area contributed by atoms with E-state index < -0.39 is 0 Å². The van der Waals surface area contributed by atoms with E-state index in [1.54, 1.807) is 0 Å². The van der Waals surface area contributed by atoms with Crippen LogP contribution in [0.3, 0.4) is 0 Å². The Morgan fingerprint density at radius 2 is 1.95 bits per heavy atom. The number of aromatic nitrogens is 1. The van der Waals surface area contributed by atoms with Gasteiger partial charge in [0, 0.05) is 17.3 Å². The molecule has 4 heteroatoms. The summed E-state index contributed by atoms with van der Waals surface area (Å²) in [4.78, 5) is 6.82. The second-order valence-electron chi connectivity index (χ2n) is 5.59. The number of pyridine rings is 1. The van der Waals surface area contributed by atoms with Gasteiger partial charge in [-0.1, -0.05) is 20.8 Å². The Morgan fingerprint density at radius 3 is 2.40 bits per heavy atom. The maximum Gasteiger partial charge on any atom is 0.128 e. The van der Waals surface area contributed by atoms with Gasteiger partial charge in [0.2, 0.25) is 0 Å². The van der Waals surface area contributed by atoms with Crippen LogP contribution in [0.5, 0.6) is 0 Å². The van der Waals surface area contributed by atoms with Gasteiger partial charge >= 0.3 is 0 Å². The summed E-state index contributed by atoms with van der Waals surface area (Å²) >= 11 is 0. The Morgan fingerprint density at radius 1 is 1.35 bits per heavy atom. The molecule has 0 fully saturated rings. The molecule has 0 aliphatic rings. The molecule has 0 aliphatic heterocycles. The Kier molecular flexibility index (Phi) is 5.96. The van der Waals surface area contributed by atoms with Crippen LogP contribution in [0, 0.1) is 6.92 Å². The molecule has 1 aromatic heterocycles. The fourth-order valence-corrected chi connectivity index (χ4v) is 3.19. The second-order valence-corrected chi connectivity index (χ2v) is 5.59. The fourth-order valence-electron chi connectivity index (χ4n) is 3.19. The van der Waals surface area contributed by atoms with Crippen LogP contribution in [0.4, 0.5) is 5.82 Å². The number of aryl methyl sites for hydroxylation is 1. The molecule has 1 aromatic rings. The van der Waals surface area contributed by atoms with E-state index in [1.807, 2.05) is 13.2 Å². The lowest BCUT2D eigenvalue weighted by Crippen LogP contribution is -2.53. The number of nitrogens with one attached hydrogen (secondary N) is 1. The molecule has 1 heterocycles. The summed E-state index contributed by atoms with van der Waals surface area (Å²) in [7, 11) is 2.00. The average molecular weight is 278 g/mol. The molecule has 0 aromatic carbocycles. The van der Waals surface area contributed by atoms with Crippen LogP contribution in [0.25, 0.3) is 0 Å². The van der Waals surface area contributed by atoms with Crippen LogP contribution in [-0.4, -0.2) is 35.6 Å². The summed E-state index contributed by atoms with van der Waals surface area (Å²) in [5, 5.41) is 3.47. The van der Waals surface area contributed by atoms with Gasteiger partial charge in [-0.05, 0) is 52.0 Å². The van der Waals surface area contributed by atoms with E-state index in [9.17, 15) is 0 Å². The second kappa shape index (κ2) is 7.04. The van der Waals surface area contributed by atoms with Gasteiger partial charge in [0.1, 0.15) is 5.82 Å². The predicted octanol–water partition coefficient (Wildman–Crippen LogP) is 2.74. The average Bonchev–Trinajstić information content (AvgIpc) is 2.44. The Labute approximate surface area is 123 Å². The van der Waals surface area contributed by atoms with Gasteiger partial charge in [-0.15, -0.1) is 0 Å². The minimum Gasteiger partial charge on any atom is -0.383 e. The highest BCUT2D eigenvalue weighted by atomic mass is 15.2.